The van der Waals surface area contributed by atoms with E-state index in [0.717, 1.165) is 25.1 Å². The van der Waals surface area contributed by atoms with Crippen molar-refractivity contribution in [3.63, 3.8) is 0 Å². The van der Waals surface area contributed by atoms with Crippen molar-refractivity contribution in [1.29, 1.82) is 0 Å². The molecule has 0 bridgehead atoms. The van der Waals surface area contributed by atoms with Gasteiger partial charge in [-0.2, -0.15) is 0 Å². The lowest BCUT2D eigenvalue weighted by atomic mass is 10.1. The molecule has 0 aliphatic carbocycles. The molecule has 3 heteroatoms. The summed E-state index contributed by atoms with van der Waals surface area (Å²) in [5, 5.41) is 0. The summed E-state index contributed by atoms with van der Waals surface area (Å²) in [5.74, 6) is 0.343. The molecule has 3 nitrogen and oxygen atoms in total. The van der Waals surface area contributed by atoms with Gasteiger partial charge in [-0.15, -0.1) is 0 Å². The molecule has 1 fully saturated rings. The number of anilines is 1. The monoisotopic (exact) mass is 203 g/mol. The van der Waals surface area contributed by atoms with Crippen LogP contribution >= 0.6 is 0 Å². The quantitative estimate of drug-likeness (QED) is 0.686. The van der Waals surface area contributed by atoms with Gasteiger partial charge in [-0.1, -0.05) is 0 Å². The minimum absolute atomic E-state index is 0.343. The minimum Gasteiger partial charge on any atom is -0.371 e. The van der Waals surface area contributed by atoms with E-state index in [1.807, 2.05) is 12.1 Å². The molecule has 1 aliphatic heterocycles. The van der Waals surface area contributed by atoms with Gasteiger partial charge >= 0.3 is 0 Å². The van der Waals surface area contributed by atoms with Gasteiger partial charge in [0.15, 0.2) is 0 Å². The topological polar surface area (TPSA) is 37.4 Å². The van der Waals surface area contributed by atoms with Crippen LogP contribution in [0.25, 0.3) is 0 Å². The van der Waals surface area contributed by atoms with Crippen molar-refractivity contribution in [1.82, 2.24) is 0 Å². The van der Waals surface area contributed by atoms with Crippen molar-refractivity contribution in [2.75, 3.05) is 18.0 Å². The predicted octanol–water partition coefficient (Wildman–Crippen LogP) is 1.67. The minimum atomic E-state index is 0.343. The number of hydrogen-bond donors (Lipinski definition) is 0. The van der Waals surface area contributed by atoms with Gasteiger partial charge in [0, 0.05) is 37.2 Å². The lowest BCUT2D eigenvalue weighted by molar-refractivity contribution is -0.119. The Morgan fingerprint density at radius 1 is 1.07 bits per heavy atom. The highest BCUT2D eigenvalue weighted by Crippen LogP contribution is 2.18. The van der Waals surface area contributed by atoms with Gasteiger partial charge in [-0.25, -0.2) is 0 Å². The summed E-state index contributed by atoms with van der Waals surface area (Å²) in [4.78, 5) is 23.7. The van der Waals surface area contributed by atoms with Crippen LogP contribution in [-0.2, 0) is 4.79 Å². The number of rotatable bonds is 2. The summed E-state index contributed by atoms with van der Waals surface area (Å²) in [6.45, 7) is 1.58. The molecule has 0 aromatic heterocycles. The third kappa shape index (κ3) is 2.24. The first-order chi connectivity index (χ1) is 7.29. The van der Waals surface area contributed by atoms with E-state index >= 15 is 0 Å². The van der Waals surface area contributed by atoms with Crippen LogP contribution in [0.2, 0.25) is 0 Å². The Kier molecular flexibility index (Phi) is 2.81. The summed E-state index contributed by atoms with van der Waals surface area (Å²) < 4.78 is 0. The Balaban J connectivity index is 2.09. The van der Waals surface area contributed by atoms with E-state index in [2.05, 4.69) is 4.90 Å². The van der Waals surface area contributed by atoms with Crippen LogP contribution in [0.4, 0.5) is 5.69 Å². The molecule has 2 rings (SSSR count). The highest BCUT2D eigenvalue weighted by atomic mass is 16.1. The molecule has 1 saturated heterocycles. The Bertz CT molecular complexity index is 360. The number of ketones is 1. The van der Waals surface area contributed by atoms with Crippen molar-refractivity contribution in [3.8, 4) is 0 Å². The molecule has 1 aromatic rings. The molecule has 0 radical (unpaired) electrons. The Morgan fingerprint density at radius 3 is 2.20 bits per heavy atom. The molecule has 1 aromatic carbocycles. The summed E-state index contributed by atoms with van der Waals surface area (Å²) >= 11 is 0. The van der Waals surface area contributed by atoms with E-state index in [4.69, 9.17) is 0 Å². The number of carbonyl (C=O) groups is 2. The maximum absolute atomic E-state index is 11.1. The van der Waals surface area contributed by atoms with Crippen molar-refractivity contribution in [2.24, 2.45) is 0 Å². The highest BCUT2D eigenvalue weighted by Gasteiger charge is 2.15. The van der Waals surface area contributed by atoms with E-state index < -0.39 is 0 Å². The molecule has 0 spiro atoms. The average Bonchev–Trinajstić information content (AvgIpc) is 2.30. The lowest BCUT2D eigenvalue weighted by Gasteiger charge is -2.28. The second-order valence-electron chi connectivity index (χ2n) is 3.74. The fraction of sp³-hybridized carbons (Fsp3) is 0.333. The third-order valence-electron chi connectivity index (χ3n) is 2.72. The first kappa shape index (κ1) is 9.90. The molecule has 1 aliphatic rings. The van der Waals surface area contributed by atoms with Gasteiger partial charge in [0.25, 0.3) is 0 Å². The molecule has 15 heavy (non-hydrogen) atoms. The molecule has 0 saturated carbocycles. The average molecular weight is 203 g/mol. The third-order valence-corrected chi connectivity index (χ3v) is 2.72. The van der Waals surface area contributed by atoms with Crippen LogP contribution in [-0.4, -0.2) is 25.2 Å². The van der Waals surface area contributed by atoms with E-state index in [1.54, 1.807) is 12.1 Å². The standard InChI is InChI=1S/C12H13NO2/c14-9-10-1-3-11(4-2-10)13-7-5-12(15)6-8-13/h1-4,9H,5-8H2. The van der Waals surface area contributed by atoms with Gasteiger partial charge in [-0.3, -0.25) is 9.59 Å². The van der Waals surface area contributed by atoms with E-state index in [0.29, 0.717) is 24.2 Å². The Morgan fingerprint density at radius 2 is 1.67 bits per heavy atom. The van der Waals surface area contributed by atoms with Crippen LogP contribution in [0.1, 0.15) is 23.2 Å². The van der Waals surface area contributed by atoms with Crippen LogP contribution in [0.15, 0.2) is 24.3 Å². The maximum atomic E-state index is 11.1. The summed E-state index contributed by atoms with van der Waals surface area (Å²) in [6.07, 6.45) is 2.11. The van der Waals surface area contributed by atoms with Crippen molar-refractivity contribution < 1.29 is 9.59 Å². The zero-order valence-electron chi connectivity index (χ0n) is 8.48. The Labute approximate surface area is 88.7 Å². The lowest BCUT2D eigenvalue weighted by Crippen LogP contribution is -2.33. The van der Waals surface area contributed by atoms with Gasteiger partial charge in [0.2, 0.25) is 0 Å². The van der Waals surface area contributed by atoms with Crippen LogP contribution in [0.3, 0.4) is 0 Å². The number of nitrogens with zero attached hydrogens (tertiary/aromatic N) is 1. The number of benzene rings is 1. The molecule has 0 unspecified atom stereocenters. The van der Waals surface area contributed by atoms with Gasteiger partial charge in [0.05, 0.1) is 0 Å². The van der Waals surface area contributed by atoms with Crippen LogP contribution < -0.4 is 4.90 Å². The van der Waals surface area contributed by atoms with Crippen molar-refractivity contribution >= 4 is 17.8 Å². The van der Waals surface area contributed by atoms with Gasteiger partial charge < -0.3 is 4.90 Å². The van der Waals surface area contributed by atoms with Crippen molar-refractivity contribution in [3.05, 3.63) is 29.8 Å². The van der Waals surface area contributed by atoms with Gasteiger partial charge in [0.1, 0.15) is 12.1 Å². The summed E-state index contributed by atoms with van der Waals surface area (Å²) in [6, 6.07) is 7.47. The summed E-state index contributed by atoms with van der Waals surface area (Å²) in [7, 11) is 0. The zero-order chi connectivity index (χ0) is 10.7. The molecular formula is C12H13NO2. The van der Waals surface area contributed by atoms with Gasteiger partial charge in [-0.05, 0) is 24.3 Å². The SMILES string of the molecule is O=Cc1ccc(N2CCC(=O)CC2)cc1. The van der Waals surface area contributed by atoms with Crippen LogP contribution in [0, 0.1) is 0 Å². The molecule has 0 amide bonds. The van der Waals surface area contributed by atoms with E-state index in [9.17, 15) is 9.59 Å². The molecule has 0 N–H and O–H groups in total. The first-order valence-corrected chi connectivity index (χ1v) is 5.11. The second kappa shape index (κ2) is 4.26. The fourth-order valence-electron chi connectivity index (χ4n) is 1.78. The second-order valence-corrected chi connectivity index (χ2v) is 3.74. The number of Topliss-reactive ketones (excluding diaryl/α,β-unsaturated/α-hetero) is 1. The predicted molar refractivity (Wildman–Crippen MR) is 58.3 cm³/mol. The normalized spacial score (nSPS) is 16.5. The first-order valence-electron chi connectivity index (χ1n) is 5.11. The Hall–Kier alpha value is -1.64. The zero-order valence-corrected chi connectivity index (χ0v) is 8.48. The van der Waals surface area contributed by atoms with Crippen molar-refractivity contribution in [2.45, 2.75) is 12.8 Å². The van der Waals surface area contributed by atoms with E-state index in [-0.39, 0.29) is 0 Å². The van der Waals surface area contributed by atoms with Crippen LogP contribution in [0.5, 0.6) is 0 Å². The number of hydrogen-bond acceptors (Lipinski definition) is 3. The number of piperidine rings is 1. The molecular weight excluding hydrogens is 190 g/mol. The largest absolute Gasteiger partial charge is 0.371 e. The fourth-order valence-corrected chi connectivity index (χ4v) is 1.78. The number of aldehydes is 1. The molecule has 0 atom stereocenters. The maximum Gasteiger partial charge on any atom is 0.150 e. The molecule has 78 valence electrons. The summed E-state index contributed by atoms with van der Waals surface area (Å²) in [5.41, 5.74) is 1.78. The highest BCUT2D eigenvalue weighted by molar-refractivity contribution is 5.81. The molecule has 1 heterocycles. The smallest absolute Gasteiger partial charge is 0.150 e. The number of carbonyl (C=O) groups excluding carboxylic acids is 2. The van der Waals surface area contributed by atoms with E-state index in [1.165, 1.54) is 0 Å².